The van der Waals surface area contributed by atoms with Crippen LogP contribution in [0.25, 0.3) is 0 Å². The average Bonchev–Trinajstić information content (AvgIpc) is 2.30. The zero-order valence-electron chi connectivity index (χ0n) is 10.4. The molecule has 0 aromatic rings. The fourth-order valence-corrected chi connectivity index (χ4v) is 1.77. The summed E-state index contributed by atoms with van der Waals surface area (Å²) in [4.78, 5) is 6.35. The van der Waals surface area contributed by atoms with Gasteiger partial charge in [-0.25, -0.2) is 0 Å². The van der Waals surface area contributed by atoms with Crippen LogP contribution in [0, 0.1) is 0 Å². The van der Waals surface area contributed by atoms with E-state index in [2.05, 4.69) is 21.8 Å². The average molecular weight is 262 g/mol. The predicted molar refractivity (Wildman–Crippen MR) is 69.5 cm³/mol. The van der Waals surface area contributed by atoms with E-state index in [-0.39, 0.29) is 6.10 Å². The molecule has 0 amide bonds. The summed E-state index contributed by atoms with van der Waals surface area (Å²) in [6.07, 6.45) is 0.0894. The normalized spacial score (nSPS) is 21.5. The van der Waals surface area contributed by atoms with E-state index in [1.165, 1.54) is 0 Å². The fourth-order valence-electron chi connectivity index (χ4n) is 1.71. The smallest absolute Gasteiger partial charge is 0.194 e. The Morgan fingerprint density at radius 2 is 2.47 bits per heavy atom. The van der Waals surface area contributed by atoms with Gasteiger partial charge in [0, 0.05) is 32.3 Å². The van der Waals surface area contributed by atoms with E-state index in [4.69, 9.17) is 21.1 Å². The molecule has 0 spiro atoms. The van der Waals surface area contributed by atoms with Gasteiger partial charge in [0.25, 0.3) is 0 Å². The van der Waals surface area contributed by atoms with Gasteiger partial charge in [-0.3, -0.25) is 4.99 Å². The van der Waals surface area contributed by atoms with Gasteiger partial charge in [-0.15, -0.1) is 0 Å². The maximum Gasteiger partial charge on any atom is 0.194 e. The highest BCUT2D eigenvalue weighted by Gasteiger charge is 2.22. The first-order valence-corrected chi connectivity index (χ1v) is 5.94. The number of ether oxygens (including phenoxy) is 2. The Bertz CT molecular complexity index is 282. The second-order valence-electron chi connectivity index (χ2n) is 3.81. The van der Waals surface area contributed by atoms with Crippen molar-refractivity contribution in [3.63, 3.8) is 0 Å². The van der Waals surface area contributed by atoms with Crippen molar-refractivity contribution in [3.8, 4) is 0 Å². The maximum atomic E-state index is 5.72. The molecule has 6 heteroatoms. The first kappa shape index (κ1) is 14.3. The van der Waals surface area contributed by atoms with Gasteiger partial charge < -0.3 is 19.7 Å². The standard InChI is InChI=1S/C11H20ClN3O2/c1-9(12)6-14-11(13-2)15-4-5-17-10(7-15)8-16-3/h10H,1,4-8H2,2-3H3,(H,13,14). The Morgan fingerprint density at radius 3 is 3.06 bits per heavy atom. The van der Waals surface area contributed by atoms with Gasteiger partial charge >= 0.3 is 0 Å². The third kappa shape index (κ3) is 4.93. The number of hydrogen-bond acceptors (Lipinski definition) is 3. The van der Waals surface area contributed by atoms with E-state index in [1.54, 1.807) is 14.2 Å². The molecule has 17 heavy (non-hydrogen) atoms. The number of rotatable bonds is 4. The van der Waals surface area contributed by atoms with Crippen LogP contribution in [0.15, 0.2) is 16.6 Å². The maximum absolute atomic E-state index is 5.72. The summed E-state index contributed by atoms with van der Waals surface area (Å²) < 4.78 is 10.7. The second kappa shape index (κ2) is 7.53. The third-order valence-corrected chi connectivity index (χ3v) is 2.57. The predicted octanol–water partition coefficient (Wildman–Crippen LogP) is 0.661. The highest BCUT2D eigenvalue weighted by molar-refractivity contribution is 6.29. The minimum Gasteiger partial charge on any atom is -0.382 e. The van der Waals surface area contributed by atoms with Crippen LogP contribution in [0.2, 0.25) is 0 Å². The number of halogens is 1. The molecule has 1 aliphatic rings. The van der Waals surface area contributed by atoms with E-state index in [0.717, 1.165) is 19.0 Å². The molecule has 0 radical (unpaired) electrons. The summed E-state index contributed by atoms with van der Waals surface area (Å²) in [6.45, 7) is 7.00. The van der Waals surface area contributed by atoms with E-state index in [1.807, 2.05) is 0 Å². The van der Waals surface area contributed by atoms with Crippen LogP contribution in [0.5, 0.6) is 0 Å². The van der Waals surface area contributed by atoms with Crippen molar-refractivity contribution in [2.45, 2.75) is 6.10 Å². The fraction of sp³-hybridized carbons (Fsp3) is 0.727. The van der Waals surface area contributed by atoms with E-state index in [9.17, 15) is 0 Å². The lowest BCUT2D eigenvalue weighted by molar-refractivity contribution is -0.0446. The van der Waals surface area contributed by atoms with Crippen LogP contribution in [-0.4, -0.2) is 64.0 Å². The molecule has 1 heterocycles. The lowest BCUT2D eigenvalue weighted by Crippen LogP contribution is -2.51. The number of morpholine rings is 1. The Kier molecular flexibility index (Phi) is 6.32. The van der Waals surface area contributed by atoms with Crippen molar-refractivity contribution in [3.05, 3.63) is 11.6 Å². The zero-order valence-corrected chi connectivity index (χ0v) is 11.2. The number of hydrogen-bond donors (Lipinski definition) is 1. The Labute approximate surface area is 107 Å². The topological polar surface area (TPSA) is 46.1 Å². The van der Waals surface area contributed by atoms with Crippen molar-refractivity contribution in [1.82, 2.24) is 10.2 Å². The number of aliphatic imine (C=N–C) groups is 1. The molecule has 0 aromatic heterocycles. The van der Waals surface area contributed by atoms with Crippen LogP contribution < -0.4 is 5.32 Å². The molecule has 98 valence electrons. The van der Waals surface area contributed by atoms with Gasteiger partial charge in [0.2, 0.25) is 0 Å². The highest BCUT2D eigenvalue weighted by atomic mass is 35.5. The lowest BCUT2D eigenvalue weighted by Gasteiger charge is -2.34. The third-order valence-electron chi connectivity index (χ3n) is 2.44. The van der Waals surface area contributed by atoms with Gasteiger partial charge in [-0.1, -0.05) is 18.2 Å². The van der Waals surface area contributed by atoms with Gasteiger partial charge in [0.1, 0.15) is 0 Å². The number of guanidine groups is 1. The summed E-state index contributed by atoms with van der Waals surface area (Å²) in [5.74, 6) is 0.816. The molecular formula is C11H20ClN3O2. The Hall–Kier alpha value is -0.780. The van der Waals surface area contributed by atoms with Crippen LogP contribution in [-0.2, 0) is 9.47 Å². The summed E-state index contributed by atoms with van der Waals surface area (Å²) in [7, 11) is 3.42. The molecule has 0 aromatic carbocycles. The van der Waals surface area contributed by atoms with E-state index in [0.29, 0.717) is 24.8 Å². The van der Waals surface area contributed by atoms with Crippen molar-refractivity contribution in [2.75, 3.05) is 47.0 Å². The van der Waals surface area contributed by atoms with E-state index < -0.39 is 0 Å². The molecule has 0 saturated carbocycles. The molecule has 1 rings (SSSR count). The van der Waals surface area contributed by atoms with Gasteiger partial charge in [-0.2, -0.15) is 0 Å². The molecule has 1 atom stereocenters. The molecule has 1 unspecified atom stereocenters. The summed E-state index contributed by atoms with van der Waals surface area (Å²) >= 11 is 5.72. The van der Waals surface area contributed by atoms with Crippen molar-refractivity contribution >= 4 is 17.6 Å². The molecule has 5 nitrogen and oxygen atoms in total. The van der Waals surface area contributed by atoms with Crippen LogP contribution in [0.4, 0.5) is 0 Å². The Morgan fingerprint density at radius 1 is 1.71 bits per heavy atom. The molecule has 0 aliphatic carbocycles. The van der Waals surface area contributed by atoms with Crippen LogP contribution >= 0.6 is 11.6 Å². The summed E-state index contributed by atoms with van der Waals surface area (Å²) in [5.41, 5.74) is 0. The van der Waals surface area contributed by atoms with Crippen molar-refractivity contribution in [1.29, 1.82) is 0 Å². The summed E-state index contributed by atoms with van der Waals surface area (Å²) in [6, 6.07) is 0. The molecule has 1 fully saturated rings. The monoisotopic (exact) mass is 261 g/mol. The highest BCUT2D eigenvalue weighted by Crippen LogP contribution is 2.06. The lowest BCUT2D eigenvalue weighted by atomic mass is 10.3. The molecule has 0 bridgehead atoms. The molecule has 1 aliphatic heterocycles. The largest absolute Gasteiger partial charge is 0.382 e. The zero-order chi connectivity index (χ0) is 12.7. The number of methoxy groups -OCH3 is 1. The van der Waals surface area contributed by atoms with E-state index >= 15 is 0 Å². The molecule has 1 saturated heterocycles. The van der Waals surface area contributed by atoms with Gasteiger partial charge in [0.05, 0.1) is 25.9 Å². The van der Waals surface area contributed by atoms with Crippen molar-refractivity contribution < 1.29 is 9.47 Å². The number of nitrogens with one attached hydrogen (secondary N) is 1. The first-order chi connectivity index (χ1) is 8.17. The van der Waals surface area contributed by atoms with Crippen LogP contribution in [0.3, 0.4) is 0 Å². The molecular weight excluding hydrogens is 242 g/mol. The summed E-state index contributed by atoms with van der Waals surface area (Å²) in [5, 5.41) is 3.71. The Balaban J connectivity index is 2.48. The minimum atomic E-state index is 0.0894. The van der Waals surface area contributed by atoms with Crippen molar-refractivity contribution in [2.24, 2.45) is 4.99 Å². The SMILES string of the molecule is C=C(Cl)CNC(=NC)N1CCOC(COC)C1. The minimum absolute atomic E-state index is 0.0894. The van der Waals surface area contributed by atoms with Gasteiger partial charge in [0.15, 0.2) is 5.96 Å². The second-order valence-corrected chi connectivity index (χ2v) is 4.35. The van der Waals surface area contributed by atoms with Crippen LogP contribution in [0.1, 0.15) is 0 Å². The molecule has 1 N–H and O–H groups in total. The van der Waals surface area contributed by atoms with Gasteiger partial charge in [-0.05, 0) is 0 Å². The number of nitrogens with zero attached hydrogens (tertiary/aromatic N) is 2. The first-order valence-electron chi connectivity index (χ1n) is 5.56. The quantitative estimate of drug-likeness (QED) is 0.597.